The second-order valence-corrected chi connectivity index (χ2v) is 5.91. The molecule has 3 aromatic rings. The fraction of sp³-hybridized carbons (Fsp3) is 0.0952. The minimum absolute atomic E-state index is 0.151. The van der Waals surface area contributed by atoms with Crippen LogP contribution in [0.5, 0.6) is 0 Å². The molecule has 0 spiro atoms. The lowest BCUT2D eigenvalue weighted by Gasteiger charge is -2.12. The van der Waals surface area contributed by atoms with Gasteiger partial charge in [0.2, 0.25) is 0 Å². The van der Waals surface area contributed by atoms with E-state index in [1.165, 1.54) is 6.20 Å². The SMILES string of the molecule is Cc1cccc(C(=O)NCc2ccccc2NC(=O)c2cccnc2)c1. The molecule has 0 aliphatic heterocycles. The molecule has 0 saturated heterocycles. The number of hydrogen-bond donors (Lipinski definition) is 2. The lowest BCUT2D eigenvalue weighted by molar-refractivity contribution is 0.0950. The number of carbonyl (C=O) groups is 2. The highest BCUT2D eigenvalue weighted by Gasteiger charge is 2.10. The van der Waals surface area contributed by atoms with Crippen molar-refractivity contribution in [3.8, 4) is 0 Å². The van der Waals surface area contributed by atoms with E-state index in [-0.39, 0.29) is 11.8 Å². The molecule has 1 aromatic heterocycles. The van der Waals surface area contributed by atoms with Crippen LogP contribution in [0.2, 0.25) is 0 Å². The van der Waals surface area contributed by atoms with Gasteiger partial charge >= 0.3 is 0 Å². The summed E-state index contributed by atoms with van der Waals surface area (Å²) in [7, 11) is 0. The van der Waals surface area contributed by atoms with E-state index in [4.69, 9.17) is 0 Å². The maximum atomic E-state index is 12.3. The number of para-hydroxylation sites is 1. The Balaban J connectivity index is 1.69. The molecule has 2 aromatic carbocycles. The van der Waals surface area contributed by atoms with Crippen LogP contribution in [-0.2, 0) is 6.54 Å². The third-order valence-electron chi connectivity index (χ3n) is 3.91. The summed E-state index contributed by atoms with van der Waals surface area (Å²) in [5, 5.41) is 5.76. The number of anilines is 1. The van der Waals surface area contributed by atoms with E-state index in [0.29, 0.717) is 23.4 Å². The van der Waals surface area contributed by atoms with Crippen LogP contribution in [0.3, 0.4) is 0 Å². The van der Waals surface area contributed by atoms with Gasteiger partial charge in [-0.1, -0.05) is 35.9 Å². The highest BCUT2D eigenvalue weighted by atomic mass is 16.2. The second-order valence-electron chi connectivity index (χ2n) is 5.91. The third-order valence-corrected chi connectivity index (χ3v) is 3.91. The Hall–Kier alpha value is -3.47. The summed E-state index contributed by atoms with van der Waals surface area (Å²) in [5.74, 6) is -0.391. The monoisotopic (exact) mass is 345 g/mol. The maximum absolute atomic E-state index is 12.3. The zero-order chi connectivity index (χ0) is 18.4. The fourth-order valence-corrected chi connectivity index (χ4v) is 2.55. The second kappa shape index (κ2) is 8.07. The average Bonchev–Trinajstić information content (AvgIpc) is 2.67. The molecule has 0 fully saturated rings. The largest absolute Gasteiger partial charge is 0.348 e. The first-order valence-electron chi connectivity index (χ1n) is 8.27. The quantitative estimate of drug-likeness (QED) is 0.742. The minimum atomic E-state index is -0.240. The number of hydrogen-bond acceptors (Lipinski definition) is 3. The van der Waals surface area contributed by atoms with Gasteiger partial charge in [-0.3, -0.25) is 14.6 Å². The molecule has 0 saturated carbocycles. The number of nitrogens with one attached hydrogen (secondary N) is 2. The summed E-state index contributed by atoms with van der Waals surface area (Å²) in [6.45, 7) is 2.26. The van der Waals surface area contributed by atoms with E-state index in [1.807, 2.05) is 49.4 Å². The molecular weight excluding hydrogens is 326 g/mol. The highest BCUT2D eigenvalue weighted by Crippen LogP contribution is 2.16. The fourth-order valence-electron chi connectivity index (χ4n) is 2.55. The standard InChI is InChI=1S/C21H19N3O2/c1-15-6-4-8-16(12-15)20(25)23-14-17-7-2-3-10-19(17)24-21(26)18-9-5-11-22-13-18/h2-13H,14H2,1H3,(H,23,25)(H,24,26). The van der Waals surface area contributed by atoms with Crippen LogP contribution in [0.25, 0.3) is 0 Å². The molecule has 130 valence electrons. The Bertz CT molecular complexity index is 923. The van der Waals surface area contributed by atoms with Gasteiger partial charge in [0.05, 0.1) is 5.56 Å². The topological polar surface area (TPSA) is 71.1 Å². The van der Waals surface area contributed by atoms with Gasteiger partial charge in [0.15, 0.2) is 0 Å². The number of aryl methyl sites for hydroxylation is 1. The van der Waals surface area contributed by atoms with Crippen molar-refractivity contribution in [3.05, 3.63) is 95.3 Å². The van der Waals surface area contributed by atoms with Gasteiger partial charge < -0.3 is 10.6 Å². The van der Waals surface area contributed by atoms with Crippen LogP contribution < -0.4 is 10.6 Å². The van der Waals surface area contributed by atoms with Crippen LogP contribution >= 0.6 is 0 Å². The number of aromatic nitrogens is 1. The molecule has 5 heteroatoms. The zero-order valence-electron chi connectivity index (χ0n) is 14.4. The lowest BCUT2D eigenvalue weighted by Crippen LogP contribution is -2.24. The molecule has 2 amide bonds. The van der Waals surface area contributed by atoms with E-state index >= 15 is 0 Å². The molecule has 0 bridgehead atoms. The molecule has 1 heterocycles. The van der Waals surface area contributed by atoms with Crippen molar-refractivity contribution in [1.29, 1.82) is 0 Å². The molecule has 0 atom stereocenters. The zero-order valence-corrected chi connectivity index (χ0v) is 14.4. The molecular formula is C21H19N3O2. The summed E-state index contributed by atoms with van der Waals surface area (Å²) in [6, 6.07) is 18.2. The van der Waals surface area contributed by atoms with Crippen molar-refractivity contribution in [2.75, 3.05) is 5.32 Å². The summed E-state index contributed by atoms with van der Waals surface area (Å²) in [4.78, 5) is 28.6. The van der Waals surface area contributed by atoms with Crippen molar-refractivity contribution in [2.24, 2.45) is 0 Å². The highest BCUT2D eigenvalue weighted by molar-refractivity contribution is 6.04. The summed E-state index contributed by atoms with van der Waals surface area (Å²) < 4.78 is 0. The summed E-state index contributed by atoms with van der Waals surface area (Å²) in [5.41, 5.74) is 3.60. The molecule has 26 heavy (non-hydrogen) atoms. The Labute approximate surface area is 152 Å². The van der Waals surface area contributed by atoms with Gasteiger partial charge in [-0.15, -0.1) is 0 Å². The van der Waals surface area contributed by atoms with E-state index in [0.717, 1.165) is 11.1 Å². The van der Waals surface area contributed by atoms with Crippen molar-refractivity contribution in [3.63, 3.8) is 0 Å². The predicted molar refractivity (Wildman–Crippen MR) is 101 cm³/mol. The molecule has 0 aliphatic rings. The van der Waals surface area contributed by atoms with Crippen LogP contribution in [0.15, 0.2) is 73.1 Å². The average molecular weight is 345 g/mol. The third kappa shape index (κ3) is 4.33. The van der Waals surface area contributed by atoms with E-state index < -0.39 is 0 Å². The number of benzene rings is 2. The summed E-state index contributed by atoms with van der Waals surface area (Å²) in [6.07, 6.45) is 3.13. The van der Waals surface area contributed by atoms with Crippen molar-refractivity contribution in [1.82, 2.24) is 10.3 Å². The van der Waals surface area contributed by atoms with E-state index in [9.17, 15) is 9.59 Å². The first-order valence-corrected chi connectivity index (χ1v) is 8.27. The first kappa shape index (κ1) is 17.4. The summed E-state index contributed by atoms with van der Waals surface area (Å²) >= 11 is 0. The van der Waals surface area contributed by atoms with Gasteiger partial charge in [-0.05, 0) is 42.8 Å². The lowest BCUT2D eigenvalue weighted by atomic mass is 10.1. The van der Waals surface area contributed by atoms with Crippen molar-refractivity contribution < 1.29 is 9.59 Å². The van der Waals surface area contributed by atoms with Gasteiger partial charge in [0, 0.05) is 30.2 Å². The van der Waals surface area contributed by atoms with E-state index in [1.54, 1.807) is 24.4 Å². The Kier molecular flexibility index (Phi) is 5.39. The number of carbonyl (C=O) groups excluding carboxylic acids is 2. The first-order chi connectivity index (χ1) is 12.6. The number of pyridine rings is 1. The van der Waals surface area contributed by atoms with Crippen LogP contribution in [0.1, 0.15) is 31.8 Å². The van der Waals surface area contributed by atoms with E-state index in [2.05, 4.69) is 15.6 Å². The molecule has 0 aliphatic carbocycles. The normalized spacial score (nSPS) is 10.2. The Morgan fingerprint density at radius 3 is 2.50 bits per heavy atom. The van der Waals surface area contributed by atoms with Crippen LogP contribution in [-0.4, -0.2) is 16.8 Å². The number of amides is 2. The molecule has 2 N–H and O–H groups in total. The smallest absolute Gasteiger partial charge is 0.257 e. The maximum Gasteiger partial charge on any atom is 0.257 e. The minimum Gasteiger partial charge on any atom is -0.348 e. The van der Waals surface area contributed by atoms with Gasteiger partial charge in [-0.25, -0.2) is 0 Å². The molecule has 5 nitrogen and oxygen atoms in total. The number of nitrogens with zero attached hydrogens (tertiary/aromatic N) is 1. The van der Waals surface area contributed by atoms with Gasteiger partial charge in [-0.2, -0.15) is 0 Å². The van der Waals surface area contributed by atoms with Crippen molar-refractivity contribution in [2.45, 2.75) is 13.5 Å². The predicted octanol–water partition coefficient (Wildman–Crippen LogP) is 3.57. The number of rotatable bonds is 5. The van der Waals surface area contributed by atoms with Crippen molar-refractivity contribution >= 4 is 17.5 Å². The van der Waals surface area contributed by atoms with Crippen LogP contribution in [0, 0.1) is 6.92 Å². The Morgan fingerprint density at radius 2 is 1.73 bits per heavy atom. The molecule has 3 rings (SSSR count). The van der Waals surface area contributed by atoms with Crippen LogP contribution in [0.4, 0.5) is 5.69 Å². The molecule has 0 radical (unpaired) electrons. The van der Waals surface area contributed by atoms with Gasteiger partial charge in [0.25, 0.3) is 11.8 Å². The Morgan fingerprint density at radius 1 is 0.923 bits per heavy atom. The van der Waals surface area contributed by atoms with Gasteiger partial charge in [0.1, 0.15) is 0 Å². The molecule has 0 unspecified atom stereocenters.